The molecule has 1 atom stereocenters. The van der Waals surface area contributed by atoms with E-state index in [1.165, 1.54) is 0 Å². The predicted octanol–water partition coefficient (Wildman–Crippen LogP) is 0.539. The maximum atomic E-state index is 12.0. The molecule has 0 aliphatic heterocycles. The standard InChI is InChI=1S/C20H23BN2O6/c1-28-17-9-7-16(8-10-17)14-22-18(24)11-12-19(25)23-20(29-21(26)27)13-15-5-3-2-4-6-15/h2-12,20,26-27H,13-14H2,1H3,(H,22,24)(H,23,25)/b12-11+/t20-/m1/s1. The van der Waals surface area contributed by atoms with Crippen LogP contribution in [0.1, 0.15) is 11.1 Å². The summed E-state index contributed by atoms with van der Waals surface area (Å²) in [6.45, 7) is 0.297. The van der Waals surface area contributed by atoms with Gasteiger partial charge in [-0.25, -0.2) is 0 Å². The molecule has 0 heterocycles. The van der Waals surface area contributed by atoms with Crippen LogP contribution in [0.15, 0.2) is 66.7 Å². The lowest BCUT2D eigenvalue weighted by molar-refractivity contribution is -0.120. The molecule has 0 aliphatic carbocycles. The Morgan fingerprint density at radius 3 is 2.28 bits per heavy atom. The van der Waals surface area contributed by atoms with Crippen LogP contribution in [0.3, 0.4) is 0 Å². The summed E-state index contributed by atoms with van der Waals surface area (Å²) in [6, 6.07) is 16.3. The second-order valence-corrected chi connectivity index (χ2v) is 6.05. The zero-order chi connectivity index (χ0) is 21.1. The molecular formula is C20H23BN2O6. The summed E-state index contributed by atoms with van der Waals surface area (Å²) in [4.78, 5) is 23.9. The lowest BCUT2D eigenvalue weighted by Gasteiger charge is -2.18. The van der Waals surface area contributed by atoms with Crippen molar-refractivity contribution in [1.82, 2.24) is 10.6 Å². The van der Waals surface area contributed by atoms with Gasteiger partial charge >= 0.3 is 7.32 Å². The number of methoxy groups -OCH3 is 1. The van der Waals surface area contributed by atoms with Crippen molar-refractivity contribution >= 4 is 19.1 Å². The molecule has 29 heavy (non-hydrogen) atoms. The average molecular weight is 398 g/mol. The Kier molecular flexibility index (Phi) is 8.90. The van der Waals surface area contributed by atoms with Gasteiger partial charge in [-0.1, -0.05) is 42.5 Å². The van der Waals surface area contributed by atoms with Crippen LogP contribution in [-0.4, -0.2) is 42.5 Å². The van der Waals surface area contributed by atoms with E-state index in [-0.39, 0.29) is 6.42 Å². The van der Waals surface area contributed by atoms with Crippen molar-refractivity contribution in [1.29, 1.82) is 0 Å². The highest BCUT2D eigenvalue weighted by Gasteiger charge is 2.19. The third-order valence-electron chi connectivity index (χ3n) is 3.87. The minimum absolute atomic E-state index is 0.224. The molecule has 2 aromatic rings. The Morgan fingerprint density at radius 1 is 1.00 bits per heavy atom. The van der Waals surface area contributed by atoms with Crippen molar-refractivity contribution in [3.8, 4) is 5.75 Å². The Labute approximate surface area is 169 Å². The normalized spacial score (nSPS) is 11.7. The summed E-state index contributed by atoms with van der Waals surface area (Å²) in [6.07, 6.45) is 1.39. The first-order chi connectivity index (χ1) is 14.0. The van der Waals surface area contributed by atoms with Crippen LogP contribution < -0.4 is 15.4 Å². The van der Waals surface area contributed by atoms with Crippen LogP contribution in [-0.2, 0) is 27.2 Å². The molecule has 0 saturated heterocycles. The van der Waals surface area contributed by atoms with E-state index in [4.69, 9.17) is 19.4 Å². The zero-order valence-electron chi connectivity index (χ0n) is 15.9. The molecule has 0 unspecified atom stereocenters. The van der Waals surface area contributed by atoms with Crippen molar-refractivity contribution in [2.24, 2.45) is 0 Å². The second kappa shape index (κ2) is 11.7. The summed E-state index contributed by atoms with van der Waals surface area (Å²) in [7, 11) is -0.468. The van der Waals surface area contributed by atoms with Crippen molar-refractivity contribution in [3.63, 3.8) is 0 Å². The van der Waals surface area contributed by atoms with Crippen molar-refractivity contribution in [2.75, 3.05) is 7.11 Å². The van der Waals surface area contributed by atoms with Crippen molar-refractivity contribution < 1.29 is 29.0 Å². The van der Waals surface area contributed by atoms with Crippen molar-refractivity contribution in [2.45, 2.75) is 19.2 Å². The number of amides is 2. The fraction of sp³-hybridized carbons (Fsp3) is 0.200. The molecular weight excluding hydrogens is 375 g/mol. The van der Waals surface area contributed by atoms with Gasteiger partial charge in [0.1, 0.15) is 12.0 Å². The van der Waals surface area contributed by atoms with Gasteiger partial charge in [0.25, 0.3) is 0 Å². The first-order valence-electron chi connectivity index (χ1n) is 8.91. The van der Waals surface area contributed by atoms with Crippen LogP contribution in [0.5, 0.6) is 5.75 Å². The van der Waals surface area contributed by atoms with Crippen LogP contribution >= 0.6 is 0 Å². The third-order valence-corrected chi connectivity index (χ3v) is 3.87. The van der Waals surface area contributed by atoms with E-state index >= 15 is 0 Å². The number of ether oxygens (including phenoxy) is 1. The Hall–Kier alpha value is -3.14. The molecule has 2 aromatic carbocycles. The first kappa shape index (κ1) is 22.2. The van der Waals surface area contributed by atoms with E-state index in [0.29, 0.717) is 6.54 Å². The number of hydrogen-bond acceptors (Lipinski definition) is 6. The summed E-state index contributed by atoms with van der Waals surface area (Å²) < 4.78 is 9.96. The minimum Gasteiger partial charge on any atom is -0.497 e. The Balaban J connectivity index is 1.83. The maximum absolute atomic E-state index is 12.0. The number of rotatable bonds is 10. The number of benzene rings is 2. The van der Waals surface area contributed by atoms with E-state index in [9.17, 15) is 9.59 Å². The largest absolute Gasteiger partial charge is 0.635 e. The summed E-state index contributed by atoms with van der Waals surface area (Å²) in [5.74, 6) is -0.332. The van der Waals surface area contributed by atoms with E-state index in [0.717, 1.165) is 29.0 Å². The summed E-state index contributed by atoms with van der Waals surface area (Å²) in [5.41, 5.74) is 1.71. The molecule has 152 valence electrons. The topological polar surface area (TPSA) is 117 Å². The van der Waals surface area contributed by atoms with Crippen LogP contribution in [0.4, 0.5) is 0 Å². The molecule has 8 nitrogen and oxygen atoms in total. The third kappa shape index (κ3) is 8.61. The molecule has 9 heteroatoms. The highest BCUT2D eigenvalue weighted by atomic mass is 16.6. The lowest BCUT2D eigenvalue weighted by atomic mass is 10.1. The molecule has 0 saturated carbocycles. The highest BCUT2D eigenvalue weighted by Crippen LogP contribution is 2.10. The number of hydrogen-bond donors (Lipinski definition) is 4. The van der Waals surface area contributed by atoms with E-state index < -0.39 is 25.4 Å². The van der Waals surface area contributed by atoms with Gasteiger partial charge in [0.05, 0.1) is 7.11 Å². The van der Waals surface area contributed by atoms with E-state index in [1.54, 1.807) is 19.2 Å². The molecule has 2 rings (SSSR count). The van der Waals surface area contributed by atoms with Crippen LogP contribution in [0, 0.1) is 0 Å². The average Bonchev–Trinajstić information content (AvgIpc) is 2.71. The Bertz CT molecular complexity index is 811. The lowest BCUT2D eigenvalue weighted by Crippen LogP contribution is -2.41. The molecule has 0 aromatic heterocycles. The smallest absolute Gasteiger partial charge is 0.497 e. The van der Waals surface area contributed by atoms with Gasteiger partial charge in [0.2, 0.25) is 11.8 Å². The number of carbonyl (C=O) groups excluding carboxylic acids is 2. The summed E-state index contributed by atoms with van der Waals surface area (Å²) in [5, 5.41) is 23.2. The molecule has 0 aliphatic rings. The Morgan fingerprint density at radius 2 is 1.66 bits per heavy atom. The number of carbonyl (C=O) groups is 2. The minimum atomic E-state index is -2.04. The van der Waals surface area contributed by atoms with E-state index in [1.807, 2.05) is 42.5 Å². The van der Waals surface area contributed by atoms with Gasteiger partial charge in [-0.3, -0.25) is 9.59 Å². The van der Waals surface area contributed by atoms with Crippen molar-refractivity contribution in [3.05, 3.63) is 77.9 Å². The van der Waals surface area contributed by atoms with Gasteiger partial charge in [0, 0.05) is 25.1 Å². The van der Waals surface area contributed by atoms with Gasteiger partial charge in [-0.05, 0) is 23.3 Å². The molecule has 4 N–H and O–H groups in total. The maximum Gasteiger partial charge on any atom is 0.635 e. The molecule has 0 bridgehead atoms. The predicted molar refractivity (Wildman–Crippen MR) is 107 cm³/mol. The monoisotopic (exact) mass is 398 g/mol. The van der Waals surface area contributed by atoms with Gasteiger partial charge < -0.3 is 30.1 Å². The van der Waals surface area contributed by atoms with Crippen LogP contribution in [0.2, 0.25) is 0 Å². The van der Waals surface area contributed by atoms with Crippen LogP contribution in [0.25, 0.3) is 0 Å². The molecule has 0 radical (unpaired) electrons. The highest BCUT2D eigenvalue weighted by molar-refractivity contribution is 6.32. The zero-order valence-corrected chi connectivity index (χ0v) is 15.9. The summed E-state index contributed by atoms with van der Waals surface area (Å²) >= 11 is 0. The molecule has 0 fully saturated rings. The first-order valence-corrected chi connectivity index (χ1v) is 8.91. The van der Waals surface area contributed by atoms with Gasteiger partial charge in [0.15, 0.2) is 0 Å². The van der Waals surface area contributed by atoms with Gasteiger partial charge in [-0.15, -0.1) is 0 Å². The van der Waals surface area contributed by atoms with E-state index in [2.05, 4.69) is 10.6 Å². The second-order valence-electron chi connectivity index (χ2n) is 6.05. The SMILES string of the molecule is COc1ccc(CNC(=O)/C=C/C(=O)N[C@@H](Cc2ccccc2)OB(O)O)cc1. The fourth-order valence-electron chi connectivity index (χ4n) is 2.46. The molecule has 2 amide bonds. The quantitative estimate of drug-likeness (QED) is 0.264. The van der Waals surface area contributed by atoms with Gasteiger partial charge in [-0.2, -0.15) is 0 Å². The number of nitrogens with one attached hydrogen (secondary N) is 2. The fourth-order valence-corrected chi connectivity index (χ4v) is 2.46. The molecule has 0 spiro atoms.